The maximum absolute atomic E-state index is 12.5. The molecule has 4 rings (SSSR count). The van der Waals surface area contributed by atoms with Crippen LogP contribution in [0, 0.1) is 11.8 Å². The fourth-order valence-corrected chi connectivity index (χ4v) is 5.15. The summed E-state index contributed by atoms with van der Waals surface area (Å²) in [5.41, 5.74) is 4.71. The molecule has 2 amide bonds. The highest BCUT2D eigenvalue weighted by molar-refractivity contribution is 5.80. The summed E-state index contributed by atoms with van der Waals surface area (Å²) in [6, 6.07) is 16.3. The number of alkyl carbamates (subject to hydrolysis) is 1. The van der Waals surface area contributed by atoms with E-state index in [2.05, 4.69) is 34.9 Å². The number of carbonyl (C=O) groups is 3. The van der Waals surface area contributed by atoms with Crippen LogP contribution in [0.25, 0.3) is 11.1 Å². The van der Waals surface area contributed by atoms with Crippen LogP contribution in [0.15, 0.2) is 48.5 Å². The van der Waals surface area contributed by atoms with Gasteiger partial charge in [-0.3, -0.25) is 9.59 Å². The minimum Gasteiger partial charge on any atom is -0.481 e. The molecule has 3 atom stereocenters. The van der Waals surface area contributed by atoms with E-state index in [-0.39, 0.29) is 42.7 Å². The van der Waals surface area contributed by atoms with Crippen molar-refractivity contribution in [1.82, 2.24) is 10.6 Å². The third-order valence-electron chi connectivity index (χ3n) is 7.07. The first-order valence-corrected chi connectivity index (χ1v) is 12.1. The van der Waals surface area contributed by atoms with E-state index in [1.165, 1.54) is 22.3 Å². The SMILES string of the molecule is CCC(CNC(=O)[C@@H]1CC[C@H](NC(=O)OCC2c3ccccc3-c3ccccc32)C1)CC(=O)O. The van der Waals surface area contributed by atoms with Crippen molar-refractivity contribution >= 4 is 18.0 Å². The molecular weight excluding hydrogens is 432 g/mol. The zero-order valence-corrected chi connectivity index (χ0v) is 19.5. The molecule has 0 bridgehead atoms. The van der Waals surface area contributed by atoms with Gasteiger partial charge in [0.25, 0.3) is 0 Å². The fourth-order valence-electron chi connectivity index (χ4n) is 5.15. The summed E-state index contributed by atoms with van der Waals surface area (Å²) >= 11 is 0. The summed E-state index contributed by atoms with van der Waals surface area (Å²) in [5.74, 6) is -1.16. The van der Waals surface area contributed by atoms with E-state index in [1.54, 1.807) is 0 Å². The van der Waals surface area contributed by atoms with E-state index in [9.17, 15) is 14.4 Å². The van der Waals surface area contributed by atoms with Crippen LogP contribution < -0.4 is 10.6 Å². The number of nitrogens with one attached hydrogen (secondary N) is 2. The molecule has 0 aliphatic heterocycles. The van der Waals surface area contributed by atoms with Gasteiger partial charge in [-0.05, 0) is 47.4 Å². The summed E-state index contributed by atoms with van der Waals surface area (Å²) in [4.78, 5) is 35.9. The summed E-state index contributed by atoms with van der Waals surface area (Å²) in [6.07, 6.45) is 2.26. The van der Waals surface area contributed by atoms with Crippen LogP contribution in [-0.4, -0.2) is 42.3 Å². The maximum Gasteiger partial charge on any atom is 0.407 e. The Labute approximate surface area is 199 Å². The van der Waals surface area contributed by atoms with E-state index < -0.39 is 12.1 Å². The van der Waals surface area contributed by atoms with Gasteiger partial charge < -0.3 is 20.5 Å². The molecule has 2 aliphatic rings. The van der Waals surface area contributed by atoms with Gasteiger partial charge in [0.05, 0.1) is 0 Å². The molecule has 1 fully saturated rings. The highest BCUT2D eigenvalue weighted by Crippen LogP contribution is 2.44. The van der Waals surface area contributed by atoms with Crippen molar-refractivity contribution in [3.63, 3.8) is 0 Å². The third-order valence-corrected chi connectivity index (χ3v) is 7.07. The minimum absolute atomic E-state index is 0.0116. The van der Waals surface area contributed by atoms with Crippen molar-refractivity contribution in [2.45, 2.75) is 51.0 Å². The van der Waals surface area contributed by atoms with Crippen LogP contribution in [0.4, 0.5) is 4.79 Å². The molecule has 2 aromatic carbocycles. The predicted molar refractivity (Wildman–Crippen MR) is 128 cm³/mol. The molecule has 0 aromatic heterocycles. The van der Waals surface area contributed by atoms with Gasteiger partial charge in [0.1, 0.15) is 6.61 Å². The standard InChI is InChI=1S/C27H32N2O5/c1-2-17(13-25(30)31)15-28-26(32)18-11-12-19(14-18)29-27(33)34-16-24-22-9-5-3-7-20(22)21-8-4-6-10-23(21)24/h3-10,17-19,24H,2,11-16H2,1H3,(H,28,32)(H,29,33)(H,30,31)/t17?,18-,19+/m1/s1. The van der Waals surface area contributed by atoms with E-state index >= 15 is 0 Å². The number of carboxylic acid groups (broad SMARTS) is 1. The minimum atomic E-state index is -0.852. The average Bonchev–Trinajstić information content (AvgIpc) is 3.42. The predicted octanol–water partition coefficient (Wildman–Crippen LogP) is 4.31. The van der Waals surface area contributed by atoms with Crippen molar-refractivity contribution in [1.29, 1.82) is 0 Å². The topological polar surface area (TPSA) is 105 Å². The Morgan fingerprint density at radius 3 is 2.29 bits per heavy atom. The van der Waals surface area contributed by atoms with Gasteiger partial charge in [-0.2, -0.15) is 0 Å². The number of amides is 2. The average molecular weight is 465 g/mol. The smallest absolute Gasteiger partial charge is 0.407 e. The van der Waals surface area contributed by atoms with Crippen LogP contribution >= 0.6 is 0 Å². The third kappa shape index (κ3) is 5.41. The molecule has 180 valence electrons. The lowest BCUT2D eigenvalue weighted by atomic mass is 9.98. The summed E-state index contributed by atoms with van der Waals surface area (Å²) in [5, 5.41) is 14.8. The number of carbonyl (C=O) groups excluding carboxylic acids is 2. The number of benzene rings is 2. The summed E-state index contributed by atoms with van der Waals surface area (Å²) in [7, 11) is 0. The molecule has 7 nitrogen and oxygen atoms in total. The van der Waals surface area contributed by atoms with Crippen molar-refractivity contribution < 1.29 is 24.2 Å². The van der Waals surface area contributed by atoms with Gasteiger partial charge in [0.2, 0.25) is 5.91 Å². The Kier molecular flexibility index (Phi) is 7.50. The molecule has 0 heterocycles. The second-order valence-electron chi connectivity index (χ2n) is 9.29. The number of hydrogen-bond donors (Lipinski definition) is 3. The van der Waals surface area contributed by atoms with Gasteiger partial charge >= 0.3 is 12.1 Å². The second kappa shape index (κ2) is 10.7. The molecular formula is C27H32N2O5. The Bertz CT molecular complexity index is 1010. The van der Waals surface area contributed by atoms with E-state index in [4.69, 9.17) is 9.84 Å². The molecule has 0 spiro atoms. The van der Waals surface area contributed by atoms with Crippen LogP contribution in [0.3, 0.4) is 0 Å². The van der Waals surface area contributed by atoms with E-state index in [0.717, 1.165) is 0 Å². The Hall–Kier alpha value is -3.35. The molecule has 34 heavy (non-hydrogen) atoms. The Morgan fingerprint density at radius 1 is 1.03 bits per heavy atom. The lowest BCUT2D eigenvalue weighted by molar-refractivity contribution is -0.138. The van der Waals surface area contributed by atoms with Crippen molar-refractivity contribution in [3.05, 3.63) is 59.7 Å². The van der Waals surface area contributed by atoms with Crippen molar-refractivity contribution in [3.8, 4) is 11.1 Å². The first-order chi connectivity index (χ1) is 16.5. The molecule has 1 unspecified atom stereocenters. The maximum atomic E-state index is 12.5. The molecule has 2 aromatic rings. The Balaban J connectivity index is 1.25. The van der Waals surface area contributed by atoms with Crippen LogP contribution in [-0.2, 0) is 14.3 Å². The zero-order valence-electron chi connectivity index (χ0n) is 19.5. The summed E-state index contributed by atoms with van der Waals surface area (Å²) < 4.78 is 5.62. The van der Waals surface area contributed by atoms with E-state index in [1.807, 2.05) is 31.2 Å². The monoisotopic (exact) mass is 464 g/mol. The van der Waals surface area contributed by atoms with Crippen molar-refractivity contribution in [2.75, 3.05) is 13.2 Å². The van der Waals surface area contributed by atoms with Gasteiger partial charge in [-0.1, -0.05) is 61.9 Å². The number of aliphatic carboxylic acids is 1. The van der Waals surface area contributed by atoms with Gasteiger partial charge in [-0.25, -0.2) is 4.79 Å². The van der Waals surface area contributed by atoms with Crippen molar-refractivity contribution in [2.24, 2.45) is 11.8 Å². The molecule has 2 aliphatic carbocycles. The van der Waals surface area contributed by atoms with Crippen LogP contribution in [0.1, 0.15) is 56.1 Å². The lowest BCUT2D eigenvalue weighted by Crippen LogP contribution is -2.37. The lowest BCUT2D eigenvalue weighted by Gasteiger charge is -2.18. The summed E-state index contributed by atoms with van der Waals surface area (Å²) in [6.45, 7) is 2.55. The number of rotatable bonds is 9. The first kappa shape index (κ1) is 23.8. The second-order valence-corrected chi connectivity index (χ2v) is 9.29. The normalized spacial score (nSPS) is 19.7. The van der Waals surface area contributed by atoms with Crippen LogP contribution in [0.2, 0.25) is 0 Å². The molecule has 7 heteroatoms. The first-order valence-electron chi connectivity index (χ1n) is 12.1. The largest absolute Gasteiger partial charge is 0.481 e. The fraction of sp³-hybridized carbons (Fsp3) is 0.444. The van der Waals surface area contributed by atoms with E-state index in [0.29, 0.717) is 32.2 Å². The quantitative estimate of drug-likeness (QED) is 0.513. The van der Waals surface area contributed by atoms with Gasteiger partial charge in [0, 0.05) is 30.8 Å². The van der Waals surface area contributed by atoms with Crippen LogP contribution in [0.5, 0.6) is 0 Å². The highest BCUT2D eigenvalue weighted by Gasteiger charge is 2.32. The zero-order chi connectivity index (χ0) is 24.1. The number of hydrogen-bond acceptors (Lipinski definition) is 4. The number of carboxylic acids is 1. The number of fused-ring (bicyclic) bond motifs is 3. The highest BCUT2D eigenvalue weighted by atomic mass is 16.5. The molecule has 1 saturated carbocycles. The van der Waals surface area contributed by atoms with Gasteiger partial charge in [-0.15, -0.1) is 0 Å². The van der Waals surface area contributed by atoms with Gasteiger partial charge in [0.15, 0.2) is 0 Å². The molecule has 0 saturated heterocycles. The number of ether oxygens (including phenoxy) is 1. The molecule has 3 N–H and O–H groups in total. The Morgan fingerprint density at radius 2 is 1.68 bits per heavy atom. The molecule has 0 radical (unpaired) electrons.